The van der Waals surface area contributed by atoms with Crippen molar-refractivity contribution in [1.29, 1.82) is 0 Å². The van der Waals surface area contributed by atoms with Crippen LogP contribution in [0.3, 0.4) is 0 Å². The monoisotopic (exact) mass is 402 g/mol. The molecule has 0 radical (unpaired) electrons. The molecule has 7 heteroatoms. The molecule has 1 atom stereocenters. The average Bonchev–Trinajstić information content (AvgIpc) is 2.68. The Labute approximate surface area is 166 Å². The normalized spacial score (nSPS) is 21.4. The number of nitrogens with zero attached hydrogens (tertiary/aromatic N) is 1. The van der Waals surface area contributed by atoms with E-state index in [1.165, 1.54) is 12.1 Å². The number of halogens is 3. The summed E-state index contributed by atoms with van der Waals surface area (Å²) in [6.07, 6.45) is -0.336. The summed E-state index contributed by atoms with van der Waals surface area (Å²) >= 11 is 0. The van der Waals surface area contributed by atoms with Crippen molar-refractivity contribution in [1.82, 2.24) is 10.2 Å². The topological polar surface area (TPSA) is 44.7 Å². The maximum atomic E-state index is 12.6. The predicted molar refractivity (Wildman–Crippen MR) is 105 cm³/mol. The van der Waals surface area contributed by atoms with Crippen LogP contribution in [0.15, 0.2) is 24.3 Å². The van der Waals surface area contributed by atoms with Crippen molar-refractivity contribution >= 4 is 0 Å². The fraction of sp³-hybridized carbons (Fsp3) is 0.714. The van der Waals surface area contributed by atoms with Crippen LogP contribution in [0.2, 0.25) is 0 Å². The zero-order chi connectivity index (χ0) is 20.6. The molecule has 1 aromatic rings. The molecule has 0 unspecified atom stereocenters. The van der Waals surface area contributed by atoms with Gasteiger partial charge < -0.3 is 20.1 Å². The number of hydrogen-bond acceptors (Lipinski definition) is 4. The van der Waals surface area contributed by atoms with Gasteiger partial charge in [0.25, 0.3) is 0 Å². The molecule has 0 bridgehead atoms. The van der Waals surface area contributed by atoms with Crippen molar-refractivity contribution in [3.63, 3.8) is 0 Å². The Balaban J connectivity index is 0.00000136. The fourth-order valence-electron chi connectivity index (χ4n) is 4.18. The lowest BCUT2D eigenvalue weighted by Crippen LogP contribution is -2.49. The third-order valence-electron chi connectivity index (χ3n) is 5.51. The van der Waals surface area contributed by atoms with Crippen LogP contribution in [0.25, 0.3) is 0 Å². The SMILES string of the molecule is CC.OC1([C@H](CN2CCNCC2)c2cccc(OC(F)(F)F)c2)CCCCC1. The van der Waals surface area contributed by atoms with E-state index in [4.69, 9.17) is 0 Å². The van der Waals surface area contributed by atoms with Gasteiger partial charge in [-0.25, -0.2) is 0 Å². The fourth-order valence-corrected chi connectivity index (χ4v) is 4.18. The number of nitrogens with one attached hydrogen (secondary N) is 1. The van der Waals surface area contributed by atoms with Crippen LogP contribution in [0.5, 0.6) is 5.75 Å². The largest absolute Gasteiger partial charge is 0.573 e. The molecule has 1 aliphatic carbocycles. The first-order valence-corrected chi connectivity index (χ1v) is 10.4. The van der Waals surface area contributed by atoms with Gasteiger partial charge >= 0.3 is 6.36 Å². The molecule has 160 valence electrons. The summed E-state index contributed by atoms with van der Waals surface area (Å²) in [6.45, 7) is 8.19. The molecule has 1 aliphatic heterocycles. The first-order valence-electron chi connectivity index (χ1n) is 10.4. The van der Waals surface area contributed by atoms with Gasteiger partial charge in [0.05, 0.1) is 5.60 Å². The van der Waals surface area contributed by atoms with Gasteiger partial charge in [-0.15, -0.1) is 13.2 Å². The smallest absolute Gasteiger partial charge is 0.406 e. The standard InChI is InChI=1S/C19H27F3N2O2.C2H6/c20-19(21,22)26-16-6-4-5-15(13-16)17(14-24-11-9-23-10-12-24)18(25)7-2-1-3-8-18;1-2/h4-6,13,17,23,25H,1-3,7-12,14H2;1-2H3/t17-;/m1./s1. The van der Waals surface area contributed by atoms with Gasteiger partial charge in [-0.3, -0.25) is 0 Å². The highest BCUT2D eigenvalue weighted by atomic mass is 19.4. The van der Waals surface area contributed by atoms with Crippen LogP contribution in [-0.2, 0) is 0 Å². The van der Waals surface area contributed by atoms with Crippen molar-refractivity contribution in [3.8, 4) is 5.75 Å². The number of ether oxygens (including phenoxy) is 1. The van der Waals surface area contributed by atoms with Gasteiger partial charge in [0.2, 0.25) is 0 Å². The molecule has 2 N–H and O–H groups in total. The number of alkyl halides is 3. The minimum absolute atomic E-state index is 0.222. The molecule has 1 saturated carbocycles. The van der Waals surface area contributed by atoms with E-state index in [1.807, 2.05) is 19.9 Å². The van der Waals surface area contributed by atoms with E-state index < -0.39 is 12.0 Å². The first-order chi connectivity index (χ1) is 13.4. The number of aliphatic hydroxyl groups is 1. The third-order valence-corrected chi connectivity index (χ3v) is 5.51. The second-order valence-electron chi connectivity index (χ2n) is 7.39. The highest BCUT2D eigenvalue weighted by Crippen LogP contribution is 2.41. The Kier molecular flexibility index (Phi) is 8.58. The van der Waals surface area contributed by atoms with Crippen LogP contribution in [0, 0.1) is 0 Å². The zero-order valence-corrected chi connectivity index (χ0v) is 16.9. The Hall–Kier alpha value is -1.31. The van der Waals surface area contributed by atoms with Crippen LogP contribution >= 0.6 is 0 Å². The molecule has 0 spiro atoms. The van der Waals surface area contributed by atoms with Crippen LogP contribution in [-0.4, -0.2) is 54.7 Å². The lowest BCUT2D eigenvalue weighted by atomic mass is 9.72. The van der Waals surface area contributed by atoms with Crippen LogP contribution < -0.4 is 10.1 Å². The van der Waals surface area contributed by atoms with Crippen molar-refractivity contribution in [2.45, 2.75) is 63.8 Å². The van der Waals surface area contributed by atoms with Crippen molar-refractivity contribution < 1.29 is 23.0 Å². The van der Waals surface area contributed by atoms with E-state index in [2.05, 4.69) is 15.0 Å². The summed E-state index contributed by atoms with van der Waals surface area (Å²) in [5.74, 6) is -0.447. The number of rotatable bonds is 5. The Bertz CT molecular complexity index is 583. The molecule has 1 saturated heterocycles. The second-order valence-corrected chi connectivity index (χ2v) is 7.39. The molecular weight excluding hydrogens is 369 g/mol. The Morgan fingerprint density at radius 1 is 1.14 bits per heavy atom. The summed E-state index contributed by atoms with van der Waals surface area (Å²) in [6, 6.07) is 6.13. The van der Waals surface area contributed by atoms with Gasteiger partial charge in [-0.2, -0.15) is 0 Å². The zero-order valence-electron chi connectivity index (χ0n) is 16.9. The summed E-state index contributed by atoms with van der Waals surface area (Å²) < 4.78 is 41.9. The van der Waals surface area contributed by atoms with E-state index in [-0.39, 0.29) is 11.7 Å². The lowest BCUT2D eigenvalue weighted by Gasteiger charge is -2.42. The molecule has 1 aromatic carbocycles. The summed E-state index contributed by atoms with van der Waals surface area (Å²) in [4.78, 5) is 2.28. The molecule has 28 heavy (non-hydrogen) atoms. The molecule has 4 nitrogen and oxygen atoms in total. The van der Waals surface area contributed by atoms with E-state index in [9.17, 15) is 18.3 Å². The highest BCUT2D eigenvalue weighted by Gasteiger charge is 2.40. The quantitative estimate of drug-likeness (QED) is 0.771. The van der Waals surface area contributed by atoms with Gasteiger partial charge in [-0.1, -0.05) is 45.2 Å². The molecule has 3 rings (SSSR count). The highest BCUT2D eigenvalue weighted by molar-refractivity contribution is 5.33. The van der Waals surface area contributed by atoms with Gasteiger partial charge in [-0.05, 0) is 30.5 Å². The average molecular weight is 403 g/mol. The maximum absolute atomic E-state index is 12.6. The minimum atomic E-state index is -4.71. The Morgan fingerprint density at radius 2 is 1.79 bits per heavy atom. The van der Waals surface area contributed by atoms with Crippen molar-refractivity contribution in [3.05, 3.63) is 29.8 Å². The van der Waals surface area contributed by atoms with Gasteiger partial charge in [0.1, 0.15) is 5.75 Å². The summed E-state index contributed by atoms with van der Waals surface area (Å²) in [7, 11) is 0. The first kappa shape index (κ1) is 23.0. The second kappa shape index (κ2) is 10.5. The molecule has 2 fully saturated rings. The Morgan fingerprint density at radius 3 is 2.39 bits per heavy atom. The molecule has 2 aliphatic rings. The number of benzene rings is 1. The molecular formula is C21H33F3N2O2. The number of hydrogen-bond donors (Lipinski definition) is 2. The summed E-state index contributed by atoms with van der Waals surface area (Å²) in [5, 5.41) is 14.6. The third kappa shape index (κ3) is 6.64. The van der Waals surface area contributed by atoms with Gasteiger partial charge in [0.15, 0.2) is 0 Å². The van der Waals surface area contributed by atoms with Crippen LogP contribution in [0.1, 0.15) is 57.4 Å². The molecule has 1 heterocycles. The van der Waals surface area contributed by atoms with Crippen molar-refractivity contribution in [2.75, 3.05) is 32.7 Å². The van der Waals surface area contributed by atoms with E-state index in [1.54, 1.807) is 6.07 Å². The number of piperazine rings is 1. The van der Waals surface area contributed by atoms with Crippen molar-refractivity contribution in [2.24, 2.45) is 0 Å². The van der Waals surface area contributed by atoms with E-state index in [0.29, 0.717) is 19.4 Å². The van der Waals surface area contributed by atoms with Gasteiger partial charge in [0, 0.05) is 38.6 Å². The van der Waals surface area contributed by atoms with E-state index in [0.717, 1.165) is 51.0 Å². The predicted octanol–water partition coefficient (Wildman–Crippen LogP) is 4.30. The molecule has 0 aromatic heterocycles. The minimum Gasteiger partial charge on any atom is -0.406 e. The molecule has 0 amide bonds. The van der Waals surface area contributed by atoms with Crippen LogP contribution in [0.4, 0.5) is 13.2 Å². The lowest BCUT2D eigenvalue weighted by molar-refractivity contribution is -0.274. The van der Waals surface area contributed by atoms with E-state index >= 15 is 0 Å². The maximum Gasteiger partial charge on any atom is 0.573 e. The summed E-state index contributed by atoms with van der Waals surface area (Å²) in [5.41, 5.74) is -0.158.